The first-order chi connectivity index (χ1) is 8.49. The number of rotatable bonds is 2. The molecule has 0 saturated carbocycles. The number of aromatic nitrogens is 1. The lowest BCUT2D eigenvalue weighted by molar-refractivity contribution is 0.102. The van der Waals surface area contributed by atoms with Gasteiger partial charge < -0.3 is 0 Å². The van der Waals surface area contributed by atoms with Gasteiger partial charge in [-0.15, -0.1) is 11.3 Å². The van der Waals surface area contributed by atoms with E-state index < -0.39 is 0 Å². The molecule has 0 fully saturated rings. The average Bonchev–Trinajstić information content (AvgIpc) is 2.61. The van der Waals surface area contributed by atoms with E-state index in [1.807, 2.05) is 13.8 Å². The molecule has 1 N–H and O–H groups in total. The van der Waals surface area contributed by atoms with Gasteiger partial charge in [0.2, 0.25) is 0 Å². The molecule has 0 bridgehead atoms. The summed E-state index contributed by atoms with van der Waals surface area (Å²) in [5.41, 5.74) is 1.25. The molecule has 1 amide bonds. The predicted molar refractivity (Wildman–Crippen MR) is 76.0 cm³/mol. The van der Waals surface area contributed by atoms with Crippen molar-refractivity contribution in [2.45, 2.75) is 13.8 Å². The zero-order valence-corrected chi connectivity index (χ0v) is 12.1. The van der Waals surface area contributed by atoms with E-state index >= 15 is 0 Å². The molecule has 0 unspecified atom stereocenters. The molecule has 0 spiro atoms. The van der Waals surface area contributed by atoms with Gasteiger partial charge in [0, 0.05) is 4.88 Å². The van der Waals surface area contributed by atoms with Crippen molar-refractivity contribution in [3.05, 3.63) is 44.4 Å². The Morgan fingerprint density at radius 2 is 2.06 bits per heavy atom. The number of amides is 1. The quantitative estimate of drug-likeness (QED) is 0.897. The number of nitrogens with one attached hydrogen (secondary N) is 1. The number of carbonyl (C=O) groups excluding carboxylic acids is 1. The molecule has 2 rings (SSSR count). The van der Waals surface area contributed by atoms with Crippen LogP contribution in [-0.4, -0.2) is 10.9 Å². The topological polar surface area (TPSA) is 42.0 Å². The first kappa shape index (κ1) is 13.3. The minimum absolute atomic E-state index is 0.252. The first-order valence-electron chi connectivity index (χ1n) is 5.18. The number of thiazole rings is 1. The summed E-state index contributed by atoms with van der Waals surface area (Å²) in [5.74, 6) is -0.309. The summed E-state index contributed by atoms with van der Waals surface area (Å²) >= 11 is 13.3. The van der Waals surface area contributed by atoms with Crippen LogP contribution in [0.15, 0.2) is 18.2 Å². The van der Waals surface area contributed by atoms with Crippen LogP contribution in [0.4, 0.5) is 5.13 Å². The van der Waals surface area contributed by atoms with Crippen LogP contribution in [0.25, 0.3) is 0 Å². The van der Waals surface area contributed by atoms with E-state index in [1.54, 1.807) is 18.2 Å². The van der Waals surface area contributed by atoms with Crippen molar-refractivity contribution < 1.29 is 4.79 Å². The predicted octanol–water partition coefficient (Wildman–Crippen LogP) is 4.32. The van der Waals surface area contributed by atoms with E-state index in [-0.39, 0.29) is 10.9 Å². The van der Waals surface area contributed by atoms with Crippen LogP contribution < -0.4 is 5.32 Å². The summed E-state index contributed by atoms with van der Waals surface area (Å²) in [6.07, 6.45) is 0. The molecule has 1 aromatic heterocycles. The van der Waals surface area contributed by atoms with Crippen LogP contribution in [0.5, 0.6) is 0 Å². The fourth-order valence-corrected chi connectivity index (χ4v) is 2.57. The van der Waals surface area contributed by atoms with Crippen LogP contribution in [0.1, 0.15) is 20.9 Å². The zero-order valence-electron chi connectivity index (χ0n) is 9.75. The smallest absolute Gasteiger partial charge is 0.259 e. The average molecular weight is 301 g/mol. The molecule has 2 aromatic rings. The molecule has 0 saturated heterocycles. The van der Waals surface area contributed by atoms with Crippen LogP contribution in [-0.2, 0) is 0 Å². The highest BCUT2D eigenvalue weighted by Crippen LogP contribution is 2.27. The Hall–Kier alpha value is -1.10. The molecule has 18 heavy (non-hydrogen) atoms. The van der Waals surface area contributed by atoms with Gasteiger partial charge in [-0.25, -0.2) is 4.98 Å². The van der Waals surface area contributed by atoms with Crippen molar-refractivity contribution in [2.24, 2.45) is 0 Å². The molecular formula is C12H10Cl2N2OS. The van der Waals surface area contributed by atoms with E-state index in [1.165, 1.54) is 11.3 Å². The lowest BCUT2D eigenvalue weighted by atomic mass is 10.2. The normalized spacial score (nSPS) is 10.4. The zero-order chi connectivity index (χ0) is 13.3. The fraction of sp³-hybridized carbons (Fsp3) is 0.167. The second-order valence-electron chi connectivity index (χ2n) is 3.72. The van der Waals surface area contributed by atoms with Gasteiger partial charge in [-0.05, 0) is 26.0 Å². The van der Waals surface area contributed by atoms with Gasteiger partial charge >= 0.3 is 0 Å². The summed E-state index contributed by atoms with van der Waals surface area (Å²) < 4.78 is 0. The Kier molecular flexibility index (Phi) is 3.90. The van der Waals surface area contributed by atoms with Crippen molar-refractivity contribution in [1.29, 1.82) is 0 Å². The number of carbonyl (C=O) groups is 1. The number of nitrogens with zero attached hydrogens (tertiary/aromatic N) is 1. The number of benzene rings is 1. The molecule has 0 atom stereocenters. The van der Waals surface area contributed by atoms with Crippen molar-refractivity contribution in [2.75, 3.05) is 5.32 Å². The summed E-state index contributed by atoms with van der Waals surface area (Å²) in [4.78, 5) is 17.3. The highest BCUT2D eigenvalue weighted by atomic mass is 35.5. The number of aryl methyl sites for hydroxylation is 2. The van der Waals surface area contributed by atoms with E-state index in [4.69, 9.17) is 23.2 Å². The lowest BCUT2D eigenvalue weighted by Gasteiger charge is -2.04. The maximum Gasteiger partial charge on any atom is 0.259 e. The largest absolute Gasteiger partial charge is 0.298 e. The Morgan fingerprint density at radius 1 is 1.33 bits per heavy atom. The van der Waals surface area contributed by atoms with Gasteiger partial charge in [0.25, 0.3) is 5.91 Å². The number of halogens is 2. The highest BCUT2D eigenvalue weighted by molar-refractivity contribution is 7.15. The van der Waals surface area contributed by atoms with Crippen LogP contribution in [0, 0.1) is 13.8 Å². The molecule has 94 valence electrons. The van der Waals surface area contributed by atoms with E-state index in [9.17, 15) is 4.79 Å². The van der Waals surface area contributed by atoms with Crippen molar-refractivity contribution in [3.63, 3.8) is 0 Å². The first-order valence-corrected chi connectivity index (χ1v) is 6.75. The Morgan fingerprint density at radius 3 is 2.67 bits per heavy atom. The Labute approximate surface area is 119 Å². The minimum Gasteiger partial charge on any atom is -0.298 e. The van der Waals surface area contributed by atoms with Gasteiger partial charge in [-0.2, -0.15) is 0 Å². The lowest BCUT2D eigenvalue weighted by Crippen LogP contribution is -2.12. The molecule has 1 heterocycles. The summed E-state index contributed by atoms with van der Waals surface area (Å²) in [7, 11) is 0. The number of hydrogen-bond donors (Lipinski definition) is 1. The summed E-state index contributed by atoms with van der Waals surface area (Å²) in [6, 6.07) is 4.94. The standard InChI is InChI=1S/C12H10Cl2N2OS/c1-6-7(2)18-12(15-6)16-11(17)8-4-3-5-9(13)10(8)14/h3-5H,1-2H3,(H,15,16,17). The van der Waals surface area contributed by atoms with Crippen LogP contribution >= 0.6 is 34.5 Å². The molecule has 0 radical (unpaired) electrons. The highest BCUT2D eigenvalue weighted by Gasteiger charge is 2.14. The maximum absolute atomic E-state index is 12.0. The van der Waals surface area contributed by atoms with Gasteiger partial charge in [0.05, 0.1) is 21.3 Å². The third kappa shape index (κ3) is 2.66. The van der Waals surface area contributed by atoms with Gasteiger partial charge in [-0.3, -0.25) is 10.1 Å². The van der Waals surface area contributed by atoms with Crippen LogP contribution in [0.3, 0.4) is 0 Å². The molecule has 1 aromatic carbocycles. The third-order valence-corrected chi connectivity index (χ3v) is 4.25. The Balaban J connectivity index is 2.24. The Bertz CT molecular complexity index is 591. The molecule has 6 heteroatoms. The van der Waals surface area contributed by atoms with Gasteiger partial charge in [0.1, 0.15) is 0 Å². The molecule has 0 aliphatic rings. The number of anilines is 1. The number of hydrogen-bond acceptors (Lipinski definition) is 3. The van der Waals surface area contributed by atoms with Crippen LogP contribution in [0.2, 0.25) is 10.0 Å². The van der Waals surface area contributed by atoms with Gasteiger partial charge in [-0.1, -0.05) is 29.3 Å². The van der Waals surface area contributed by atoms with Crippen molar-refractivity contribution >= 4 is 45.6 Å². The SMILES string of the molecule is Cc1nc(NC(=O)c2cccc(Cl)c2Cl)sc1C. The summed E-state index contributed by atoms with van der Waals surface area (Å²) in [5, 5.41) is 3.88. The van der Waals surface area contributed by atoms with E-state index in [2.05, 4.69) is 10.3 Å². The maximum atomic E-state index is 12.0. The summed E-state index contributed by atoms with van der Waals surface area (Å²) in [6.45, 7) is 3.85. The molecule has 0 aliphatic carbocycles. The molecular weight excluding hydrogens is 291 g/mol. The van der Waals surface area contributed by atoms with Crippen molar-refractivity contribution in [1.82, 2.24) is 4.98 Å². The molecule has 0 aliphatic heterocycles. The van der Waals surface area contributed by atoms with E-state index in [0.717, 1.165) is 10.6 Å². The third-order valence-electron chi connectivity index (χ3n) is 2.45. The monoisotopic (exact) mass is 300 g/mol. The fourth-order valence-electron chi connectivity index (χ4n) is 1.37. The minimum atomic E-state index is -0.309. The van der Waals surface area contributed by atoms with E-state index in [0.29, 0.717) is 15.7 Å². The second kappa shape index (κ2) is 5.26. The molecule has 3 nitrogen and oxygen atoms in total. The van der Waals surface area contributed by atoms with Gasteiger partial charge in [0.15, 0.2) is 5.13 Å². The second-order valence-corrected chi connectivity index (χ2v) is 5.70. The van der Waals surface area contributed by atoms with Crippen molar-refractivity contribution in [3.8, 4) is 0 Å².